The Morgan fingerprint density at radius 2 is 1.75 bits per heavy atom. The van der Waals surface area contributed by atoms with Crippen LogP contribution in [0.1, 0.15) is 23.1 Å². The van der Waals surface area contributed by atoms with Crippen molar-refractivity contribution in [3.8, 4) is 5.88 Å². The van der Waals surface area contributed by atoms with Gasteiger partial charge in [0, 0.05) is 18.0 Å². The quantitative estimate of drug-likeness (QED) is 0.669. The summed E-state index contributed by atoms with van der Waals surface area (Å²) in [5.41, 5.74) is 3.52. The Labute approximate surface area is 166 Å². The summed E-state index contributed by atoms with van der Waals surface area (Å²) in [5.74, 6) is 0.533. The van der Waals surface area contributed by atoms with Gasteiger partial charge >= 0.3 is 0 Å². The van der Waals surface area contributed by atoms with E-state index in [2.05, 4.69) is 4.98 Å². The first-order valence-electron chi connectivity index (χ1n) is 9.45. The van der Waals surface area contributed by atoms with Crippen LogP contribution in [0.15, 0.2) is 53.4 Å². The number of hydrogen-bond acceptors (Lipinski definition) is 4. The molecule has 1 aliphatic heterocycles. The van der Waals surface area contributed by atoms with Crippen molar-refractivity contribution in [3.63, 3.8) is 0 Å². The molecule has 28 heavy (non-hydrogen) atoms. The molecule has 0 N–H and O–H groups in total. The van der Waals surface area contributed by atoms with Crippen molar-refractivity contribution in [3.05, 3.63) is 65.2 Å². The fourth-order valence-electron chi connectivity index (χ4n) is 4.00. The van der Waals surface area contributed by atoms with Gasteiger partial charge < -0.3 is 4.74 Å². The van der Waals surface area contributed by atoms with Crippen LogP contribution in [0.5, 0.6) is 5.88 Å². The molecule has 0 spiro atoms. The molecule has 0 saturated carbocycles. The molecule has 6 heteroatoms. The van der Waals surface area contributed by atoms with Gasteiger partial charge in [-0.1, -0.05) is 35.9 Å². The minimum absolute atomic E-state index is 0.200. The van der Waals surface area contributed by atoms with Crippen LogP contribution in [-0.4, -0.2) is 36.9 Å². The third-order valence-corrected chi connectivity index (χ3v) is 7.34. The Balaban J connectivity index is 1.53. The van der Waals surface area contributed by atoms with E-state index in [1.165, 1.54) is 4.31 Å². The van der Waals surface area contributed by atoms with Gasteiger partial charge in [0.05, 0.1) is 17.0 Å². The fraction of sp³-hybridized carbons (Fsp3) is 0.318. The van der Waals surface area contributed by atoms with Gasteiger partial charge in [-0.3, -0.25) is 0 Å². The second-order valence-electron chi connectivity index (χ2n) is 7.46. The first-order valence-corrected chi connectivity index (χ1v) is 10.9. The number of para-hydroxylation sites is 1. The minimum atomic E-state index is -3.54. The van der Waals surface area contributed by atoms with Crippen molar-refractivity contribution < 1.29 is 13.2 Å². The molecule has 1 unspecified atom stereocenters. The molecule has 2 aromatic carbocycles. The molecule has 146 valence electrons. The molecule has 4 rings (SSSR count). The summed E-state index contributed by atoms with van der Waals surface area (Å²) < 4.78 is 34.0. The third-order valence-electron chi connectivity index (χ3n) is 5.17. The Bertz CT molecular complexity index is 1120. The first kappa shape index (κ1) is 18.9. The van der Waals surface area contributed by atoms with Crippen LogP contribution in [0.3, 0.4) is 0 Å². The molecule has 1 aromatic heterocycles. The van der Waals surface area contributed by atoms with Crippen LogP contribution in [0.25, 0.3) is 10.9 Å². The number of nitrogens with zero attached hydrogens (tertiary/aromatic N) is 2. The lowest BCUT2D eigenvalue weighted by atomic mass is 10.1. The third kappa shape index (κ3) is 3.50. The highest BCUT2D eigenvalue weighted by molar-refractivity contribution is 7.89. The predicted octanol–water partition coefficient (Wildman–Crippen LogP) is 4.00. The van der Waals surface area contributed by atoms with Gasteiger partial charge in [-0.15, -0.1) is 0 Å². The van der Waals surface area contributed by atoms with Gasteiger partial charge in [0.2, 0.25) is 15.9 Å². The molecule has 2 heterocycles. The topological polar surface area (TPSA) is 59.5 Å². The van der Waals surface area contributed by atoms with Crippen LogP contribution in [-0.2, 0) is 10.0 Å². The highest BCUT2D eigenvalue weighted by Gasteiger charge is 2.35. The molecular formula is C22H24N2O3S. The van der Waals surface area contributed by atoms with E-state index in [4.69, 9.17) is 4.74 Å². The monoisotopic (exact) mass is 396 g/mol. The lowest BCUT2D eigenvalue weighted by Crippen LogP contribution is -2.32. The number of pyridine rings is 1. The van der Waals surface area contributed by atoms with E-state index in [1.807, 2.05) is 69.3 Å². The van der Waals surface area contributed by atoms with Gasteiger partial charge in [-0.05, 0) is 50.5 Å². The molecular weight excluding hydrogens is 372 g/mol. The molecule has 1 fully saturated rings. The summed E-state index contributed by atoms with van der Waals surface area (Å²) >= 11 is 0. The van der Waals surface area contributed by atoms with Gasteiger partial charge in [0.25, 0.3) is 0 Å². The second kappa shape index (κ2) is 7.18. The van der Waals surface area contributed by atoms with Gasteiger partial charge in [-0.2, -0.15) is 4.31 Å². The molecule has 5 nitrogen and oxygen atoms in total. The summed E-state index contributed by atoms with van der Waals surface area (Å²) in [7, 11) is -3.54. The zero-order chi connectivity index (χ0) is 19.9. The van der Waals surface area contributed by atoms with Crippen molar-refractivity contribution in [1.82, 2.24) is 9.29 Å². The van der Waals surface area contributed by atoms with E-state index >= 15 is 0 Å². The van der Waals surface area contributed by atoms with Crippen LogP contribution in [0, 0.1) is 20.8 Å². The molecule has 1 aliphatic rings. The van der Waals surface area contributed by atoms with Crippen molar-refractivity contribution in [1.29, 1.82) is 0 Å². The SMILES string of the molecule is Cc1cc(C)c(S(=O)(=O)N2CCC(Oc3ccc4ccccc4n3)C2)c(C)c1. The number of aromatic nitrogens is 1. The van der Waals surface area contributed by atoms with Crippen LogP contribution >= 0.6 is 0 Å². The van der Waals surface area contributed by atoms with Crippen molar-refractivity contribution in [2.24, 2.45) is 0 Å². The highest BCUT2D eigenvalue weighted by Crippen LogP contribution is 2.29. The Kier molecular flexibility index (Phi) is 4.85. The van der Waals surface area contributed by atoms with E-state index < -0.39 is 10.0 Å². The Morgan fingerprint density at radius 1 is 1.04 bits per heavy atom. The second-order valence-corrected chi connectivity index (χ2v) is 9.34. The molecule has 3 aromatic rings. The lowest BCUT2D eigenvalue weighted by molar-refractivity contribution is 0.207. The summed E-state index contributed by atoms with van der Waals surface area (Å²) in [6.45, 7) is 6.48. The number of hydrogen-bond donors (Lipinski definition) is 0. The number of benzene rings is 2. The molecule has 0 bridgehead atoms. The van der Waals surface area contributed by atoms with Crippen molar-refractivity contribution in [2.75, 3.05) is 13.1 Å². The maximum atomic E-state index is 13.2. The van der Waals surface area contributed by atoms with Crippen molar-refractivity contribution in [2.45, 2.75) is 38.2 Å². The number of sulfonamides is 1. The van der Waals surface area contributed by atoms with Gasteiger partial charge in [0.15, 0.2) is 0 Å². The average Bonchev–Trinajstić information content (AvgIpc) is 3.10. The Hall–Kier alpha value is -2.44. The summed E-state index contributed by atoms with van der Waals surface area (Å²) in [6.07, 6.45) is 0.451. The van der Waals surface area contributed by atoms with E-state index in [-0.39, 0.29) is 6.10 Å². The van der Waals surface area contributed by atoms with Crippen LogP contribution in [0.4, 0.5) is 0 Å². The van der Waals surface area contributed by atoms with Crippen LogP contribution < -0.4 is 4.74 Å². The number of aryl methyl sites for hydroxylation is 3. The number of rotatable bonds is 4. The summed E-state index contributed by atoms with van der Waals surface area (Å²) in [4.78, 5) is 4.95. The summed E-state index contributed by atoms with van der Waals surface area (Å²) in [5, 5.41) is 1.05. The maximum absolute atomic E-state index is 13.2. The number of fused-ring (bicyclic) bond motifs is 1. The Morgan fingerprint density at radius 3 is 2.50 bits per heavy atom. The molecule has 0 aliphatic carbocycles. The van der Waals surface area contributed by atoms with E-state index in [0.717, 1.165) is 27.6 Å². The van der Waals surface area contributed by atoms with Crippen molar-refractivity contribution >= 4 is 20.9 Å². The standard InChI is InChI=1S/C22H24N2O3S/c1-15-12-16(2)22(17(3)13-15)28(25,26)24-11-10-19(14-24)27-21-9-8-18-6-4-5-7-20(18)23-21/h4-9,12-13,19H,10-11,14H2,1-3H3. The van der Waals surface area contributed by atoms with Gasteiger partial charge in [-0.25, -0.2) is 13.4 Å². The largest absolute Gasteiger partial charge is 0.473 e. The first-order chi connectivity index (χ1) is 13.3. The molecule has 1 atom stereocenters. The fourth-order valence-corrected chi connectivity index (χ4v) is 5.90. The van der Waals surface area contributed by atoms with E-state index in [1.54, 1.807) is 0 Å². The summed E-state index contributed by atoms with van der Waals surface area (Å²) in [6, 6.07) is 15.5. The zero-order valence-electron chi connectivity index (χ0n) is 16.3. The van der Waals surface area contributed by atoms with Crippen LogP contribution in [0.2, 0.25) is 0 Å². The average molecular weight is 397 g/mol. The lowest BCUT2D eigenvalue weighted by Gasteiger charge is -2.20. The number of ether oxygens (including phenoxy) is 1. The van der Waals surface area contributed by atoms with E-state index in [9.17, 15) is 8.42 Å². The maximum Gasteiger partial charge on any atom is 0.243 e. The molecule has 0 amide bonds. The van der Waals surface area contributed by atoms with E-state index in [0.29, 0.717) is 30.3 Å². The molecule has 0 radical (unpaired) electrons. The highest BCUT2D eigenvalue weighted by atomic mass is 32.2. The normalized spacial score (nSPS) is 17.9. The predicted molar refractivity (Wildman–Crippen MR) is 110 cm³/mol. The smallest absolute Gasteiger partial charge is 0.243 e. The zero-order valence-corrected chi connectivity index (χ0v) is 17.2. The molecule has 1 saturated heterocycles. The van der Waals surface area contributed by atoms with Gasteiger partial charge in [0.1, 0.15) is 6.10 Å². The minimum Gasteiger partial charge on any atom is -0.473 e.